The summed E-state index contributed by atoms with van der Waals surface area (Å²) in [7, 11) is 1.58. The first-order valence-corrected chi connectivity index (χ1v) is 8.89. The largest absolute Gasteiger partial charge is 0.383 e. The summed E-state index contributed by atoms with van der Waals surface area (Å²) in [5.74, 6) is -3.13. The van der Waals surface area contributed by atoms with Crippen molar-refractivity contribution in [3.63, 3.8) is 0 Å². The van der Waals surface area contributed by atoms with Crippen LogP contribution in [0.3, 0.4) is 0 Å². The Kier molecular flexibility index (Phi) is 5.08. The second-order valence-electron chi connectivity index (χ2n) is 7.30. The van der Waals surface area contributed by atoms with Crippen LogP contribution in [-0.2, 0) is 14.3 Å². The summed E-state index contributed by atoms with van der Waals surface area (Å²) in [6.07, 6.45) is 2.56. The molecule has 2 amide bonds. The molecule has 1 aliphatic carbocycles. The van der Waals surface area contributed by atoms with Crippen molar-refractivity contribution in [3.05, 3.63) is 0 Å². The normalized spacial score (nSPS) is 32.1. The Labute approximate surface area is 141 Å². The Balaban J connectivity index is 1.59. The van der Waals surface area contributed by atoms with E-state index < -0.39 is 5.92 Å². The van der Waals surface area contributed by atoms with E-state index in [9.17, 15) is 18.4 Å². The zero-order valence-corrected chi connectivity index (χ0v) is 14.1. The first kappa shape index (κ1) is 17.6. The number of halogens is 2. The van der Waals surface area contributed by atoms with Gasteiger partial charge < -0.3 is 15.0 Å². The molecule has 0 aromatic carbocycles. The molecule has 2 heterocycles. The summed E-state index contributed by atoms with van der Waals surface area (Å²) in [6, 6.07) is 0.0376. The van der Waals surface area contributed by atoms with Crippen molar-refractivity contribution < 1.29 is 23.1 Å². The van der Waals surface area contributed by atoms with Crippen LogP contribution in [-0.4, -0.2) is 55.0 Å². The highest BCUT2D eigenvalue weighted by atomic mass is 19.3. The first-order chi connectivity index (χ1) is 11.4. The van der Waals surface area contributed by atoms with Gasteiger partial charge >= 0.3 is 0 Å². The van der Waals surface area contributed by atoms with Crippen molar-refractivity contribution in [1.82, 2.24) is 10.2 Å². The van der Waals surface area contributed by atoms with Gasteiger partial charge in [-0.15, -0.1) is 0 Å². The van der Waals surface area contributed by atoms with Crippen LogP contribution >= 0.6 is 0 Å². The molecular weight excluding hydrogens is 318 g/mol. The van der Waals surface area contributed by atoms with Crippen LogP contribution in [0.25, 0.3) is 0 Å². The highest BCUT2D eigenvalue weighted by Gasteiger charge is 2.52. The van der Waals surface area contributed by atoms with Gasteiger partial charge in [-0.3, -0.25) is 9.59 Å². The lowest BCUT2D eigenvalue weighted by molar-refractivity contribution is -0.141. The average Bonchev–Trinajstić information content (AvgIpc) is 3.12. The molecule has 0 spiro atoms. The smallest absolute Gasteiger partial charge is 0.248 e. The summed E-state index contributed by atoms with van der Waals surface area (Å²) in [6.45, 7) is 0.931. The number of rotatable bonds is 5. The number of ether oxygens (including phenoxy) is 1. The molecule has 0 aromatic rings. The molecule has 2 aliphatic heterocycles. The molecule has 0 aromatic heterocycles. The Morgan fingerprint density at radius 3 is 2.58 bits per heavy atom. The zero-order chi connectivity index (χ0) is 17.3. The van der Waals surface area contributed by atoms with Gasteiger partial charge in [-0.2, -0.15) is 0 Å². The Morgan fingerprint density at radius 1 is 1.21 bits per heavy atom. The lowest BCUT2D eigenvalue weighted by atomic mass is 9.85. The number of carbonyl (C=O) groups is 2. The van der Waals surface area contributed by atoms with E-state index in [1.54, 1.807) is 7.11 Å². The molecule has 5 nitrogen and oxygen atoms in total. The summed E-state index contributed by atoms with van der Waals surface area (Å²) >= 11 is 0. The predicted molar refractivity (Wildman–Crippen MR) is 83.6 cm³/mol. The zero-order valence-electron chi connectivity index (χ0n) is 14.1. The number of carbonyl (C=O) groups excluding carboxylic acids is 2. The SMILES string of the molecule is COCCNC(=O)[C@@H]1C[C@H]2CC[C@H]1N2C(=O)C1CCC(F)(F)CC1. The Hall–Kier alpha value is -1.24. The van der Waals surface area contributed by atoms with Crippen molar-refractivity contribution >= 4 is 11.8 Å². The second-order valence-corrected chi connectivity index (χ2v) is 7.30. The maximum absolute atomic E-state index is 13.3. The van der Waals surface area contributed by atoms with Crippen LogP contribution in [0.4, 0.5) is 8.78 Å². The van der Waals surface area contributed by atoms with Gasteiger partial charge in [0.15, 0.2) is 0 Å². The molecule has 24 heavy (non-hydrogen) atoms. The third-order valence-corrected chi connectivity index (χ3v) is 5.80. The molecule has 3 atom stereocenters. The molecule has 1 N–H and O–H groups in total. The van der Waals surface area contributed by atoms with Crippen LogP contribution in [0.1, 0.15) is 44.9 Å². The fourth-order valence-electron chi connectivity index (χ4n) is 4.52. The van der Waals surface area contributed by atoms with E-state index >= 15 is 0 Å². The number of hydrogen-bond donors (Lipinski definition) is 1. The highest BCUT2D eigenvalue weighted by molar-refractivity contribution is 5.85. The van der Waals surface area contributed by atoms with E-state index in [0.717, 1.165) is 12.8 Å². The number of amides is 2. The molecule has 3 fully saturated rings. The van der Waals surface area contributed by atoms with Gasteiger partial charge in [-0.25, -0.2) is 8.78 Å². The average molecular weight is 344 g/mol. The van der Waals surface area contributed by atoms with Crippen LogP contribution < -0.4 is 5.32 Å². The van der Waals surface area contributed by atoms with Gasteiger partial charge in [0.25, 0.3) is 0 Å². The van der Waals surface area contributed by atoms with Gasteiger partial charge in [0.05, 0.1) is 12.5 Å². The fourth-order valence-corrected chi connectivity index (χ4v) is 4.52. The van der Waals surface area contributed by atoms with Gasteiger partial charge in [-0.1, -0.05) is 0 Å². The van der Waals surface area contributed by atoms with Crippen molar-refractivity contribution in [2.75, 3.05) is 20.3 Å². The van der Waals surface area contributed by atoms with E-state index in [0.29, 0.717) is 19.6 Å². The first-order valence-electron chi connectivity index (χ1n) is 8.89. The van der Waals surface area contributed by atoms with Crippen LogP contribution in [0.5, 0.6) is 0 Å². The third-order valence-electron chi connectivity index (χ3n) is 5.80. The number of alkyl halides is 2. The fraction of sp³-hybridized carbons (Fsp3) is 0.882. The van der Waals surface area contributed by atoms with Gasteiger partial charge in [0, 0.05) is 44.5 Å². The number of nitrogens with one attached hydrogen (secondary N) is 1. The van der Waals surface area contributed by atoms with E-state index in [-0.39, 0.29) is 61.4 Å². The molecule has 0 unspecified atom stereocenters. The van der Waals surface area contributed by atoms with Crippen LogP contribution in [0, 0.1) is 11.8 Å². The molecule has 1 saturated carbocycles. The van der Waals surface area contributed by atoms with Crippen molar-refractivity contribution in [2.24, 2.45) is 11.8 Å². The second kappa shape index (κ2) is 6.94. The quantitative estimate of drug-likeness (QED) is 0.776. The Bertz CT molecular complexity index is 490. The molecule has 7 heteroatoms. The van der Waals surface area contributed by atoms with Gasteiger partial charge in [-0.05, 0) is 32.1 Å². The van der Waals surface area contributed by atoms with E-state index in [1.807, 2.05) is 4.90 Å². The molecule has 136 valence electrons. The molecule has 2 bridgehead atoms. The molecular formula is C17H26F2N2O3. The molecule has 3 aliphatic rings. The predicted octanol–water partition coefficient (Wildman–Crippen LogP) is 1.95. The number of hydrogen-bond acceptors (Lipinski definition) is 3. The van der Waals surface area contributed by atoms with E-state index in [2.05, 4.69) is 5.32 Å². The highest BCUT2D eigenvalue weighted by Crippen LogP contribution is 2.45. The minimum Gasteiger partial charge on any atom is -0.383 e. The Morgan fingerprint density at radius 2 is 1.92 bits per heavy atom. The minimum absolute atomic E-state index is 0.00908. The summed E-state index contributed by atoms with van der Waals surface area (Å²) in [5.41, 5.74) is 0. The van der Waals surface area contributed by atoms with E-state index in [1.165, 1.54) is 0 Å². The van der Waals surface area contributed by atoms with Crippen molar-refractivity contribution in [2.45, 2.75) is 63.0 Å². The topological polar surface area (TPSA) is 58.6 Å². The summed E-state index contributed by atoms with van der Waals surface area (Å²) in [4.78, 5) is 27.0. The molecule has 3 rings (SSSR count). The van der Waals surface area contributed by atoms with Crippen molar-refractivity contribution in [3.8, 4) is 0 Å². The van der Waals surface area contributed by atoms with Crippen LogP contribution in [0.2, 0.25) is 0 Å². The summed E-state index contributed by atoms with van der Waals surface area (Å²) in [5, 5.41) is 2.86. The lowest BCUT2D eigenvalue weighted by Crippen LogP contribution is -2.44. The molecule has 0 radical (unpaired) electrons. The minimum atomic E-state index is -2.62. The summed E-state index contributed by atoms with van der Waals surface area (Å²) < 4.78 is 31.6. The monoisotopic (exact) mass is 344 g/mol. The lowest BCUT2D eigenvalue weighted by Gasteiger charge is -2.32. The maximum Gasteiger partial charge on any atom is 0.248 e. The van der Waals surface area contributed by atoms with E-state index in [4.69, 9.17) is 4.74 Å². The van der Waals surface area contributed by atoms with Crippen molar-refractivity contribution in [1.29, 1.82) is 0 Å². The third kappa shape index (κ3) is 3.41. The number of methoxy groups -OCH3 is 1. The molecule has 2 saturated heterocycles. The standard InChI is InChI=1S/C17H26F2N2O3/c1-24-9-8-20-15(22)13-10-12-2-3-14(13)21(12)16(23)11-4-6-17(18,19)7-5-11/h11-14H,2-10H2,1H3,(H,20,22)/t12-,13-,14-/m1/s1. The maximum atomic E-state index is 13.3. The van der Waals surface area contributed by atoms with Gasteiger partial charge in [0.1, 0.15) is 0 Å². The van der Waals surface area contributed by atoms with Gasteiger partial charge in [0.2, 0.25) is 17.7 Å². The number of nitrogens with zero attached hydrogens (tertiary/aromatic N) is 1. The van der Waals surface area contributed by atoms with Crippen LogP contribution in [0.15, 0.2) is 0 Å². The number of fused-ring (bicyclic) bond motifs is 2.